The number of carbonyl (C=O) groups is 3. The second-order valence-electron chi connectivity index (χ2n) is 16.0. The molecule has 8 atom stereocenters. The minimum atomic E-state index is -1.76. The van der Waals surface area contributed by atoms with Crippen LogP contribution in [0.4, 0.5) is 5.82 Å². The zero-order valence-corrected chi connectivity index (χ0v) is 36.2. The molecule has 1 aromatic rings. The number of thioether (sulfide) groups is 1. The quantitative estimate of drug-likeness (QED) is 0.0335. The molecule has 58 heavy (non-hydrogen) atoms. The molecule has 0 spiro atoms. The molecule has 2 rings (SSSR count). The molecule has 0 radical (unpaired) electrons. The van der Waals surface area contributed by atoms with Gasteiger partial charge in [-0.2, -0.15) is 11.8 Å². The summed E-state index contributed by atoms with van der Waals surface area (Å²) in [7, 11) is 0. The summed E-state index contributed by atoms with van der Waals surface area (Å²) >= 11 is 1.27. The van der Waals surface area contributed by atoms with E-state index in [9.17, 15) is 39.9 Å². The number of nitrogens with two attached hydrogens (primary N) is 1. The Kier molecular flexibility index (Phi) is 28.2. The number of carbonyl (C=O) groups excluding carboxylic acids is 3. The Balaban J connectivity index is 1.79. The highest BCUT2D eigenvalue weighted by atomic mass is 32.2. The first kappa shape index (κ1) is 51.8. The zero-order valence-electron chi connectivity index (χ0n) is 35.4. The van der Waals surface area contributed by atoms with Crippen LogP contribution in [0.2, 0.25) is 0 Å². The van der Waals surface area contributed by atoms with Crippen LogP contribution >= 0.6 is 11.8 Å². The van der Waals surface area contributed by atoms with E-state index in [0.29, 0.717) is 6.42 Å². The third-order valence-electron chi connectivity index (χ3n) is 10.8. The van der Waals surface area contributed by atoms with Gasteiger partial charge in [-0.3, -0.25) is 14.4 Å². The third kappa shape index (κ3) is 21.3. The first-order chi connectivity index (χ1) is 28.0. The molecule has 1 heterocycles. The second kappa shape index (κ2) is 31.5. The van der Waals surface area contributed by atoms with Crippen molar-refractivity contribution in [2.45, 2.75) is 217 Å². The third-order valence-corrected chi connectivity index (χ3v) is 12.0. The maximum Gasteiger partial charge on any atom is 0.306 e. The van der Waals surface area contributed by atoms with Crippen molar-refractivity contribution in [1.29, 1.82) is 0 Å². The lowest BCUT2D eigenvalue weighted by Crippen LogP contribution is -2.61. The van der Waals surface area contributed by atoms with Crippen LogP contribution < -0.4 is 11.1 Å². The summed E-state index contributed by atoms with van der Waals surface area (Å²) in [5.74, 6) is -0.959. The number of ether oxygens (including phenoxy) is 2. The SMILES string of the molecule is CCCCCCCCCCCCCC(=O)OC[C@H](CSC[C@@H](N)C(=O)Nc1cn([C@@H]2[C@H](O)[C@H](O)[C@@H](O)[C@H](O)[C@H]2O)nn1)OC(=O)CCCCCCCCCCCCC. The molecule has 1 aliphatic rings. The van der Waals surface area contributed by atoms with Crippen molar-refractivity contribution in [3.8, 4) is 0 Å². The molecule has 336 valence electrons. The minimum absolute atomic E-state index is 0.0566. The highest BCUT2D eigenvalue weighted by Crippen LogP contribution is 2.30. The van der Waals surface area contributed by atoms with Gasteiger partial charge in [0.05, 0.1) is 12.2 Å². The fourth-order valence-corrected chi connectivity index (χ4v) is 8.08. The maximum absolute atomic E-state index is 12.9. The summed E-state index contributed by atoms with van der Waals surface area (Å²) in [6, 6.07) is -2.37. The van der Waals surface area contributed by atoms with Crippen molar-refractivity contribution in [2.24, 2.45) is 5.73 Å². The molecule has 16 heteroatoms. The van der Waals surface area contributed by atoms with E-state index in [4.69, 9.17) is 15.2 Å². The maximum atomic E-state index is 12.9. The summed E-state index contributed by atoms with van der Waals surface area (Å²) in [5, 5.41) is 60.8. The first-order valence-electron chi connectivity index (χ1n) is 22.3. The Morgan fingerprint density at radius 2 is 1.10 bits per heavy atom. The fraction of sp³-hybridized carbons (Fsp3) is 0.881. The largest absolute Gasteiger partial charge is 0.462 e. The highest BCUT2D eigenvalue weighted by molar-refractivity contribution is 7.99. The van der Waals surface area contributed by atoms with Gasteiger partial charge in [0.1, 0.15) is 49.3 Å². The zero-order chi connectivity index (χ0) is 42.5. The van der Waals surface area contributed by atoms with E-state index in [2.05, 4.69) is 29.5 Å². The lowest BCUT2D eigenvalue weighted by Gasteiger charge is -2.41. The Hall–Kier alpha value is -2.34. The smallest absolute Gasteiger partial charge is 0.306 e. The van der Waals surface area contributed by atoms with E-state index in [-0.39, 0.29) is 42.3 Å². The van der Waals surface area contributed by atoms with E-state index in [1.807, 2.05) is 0 Å². The van der Waals surface area contributed by atoms with Crippen molar-refractivity contribution in [3.63, 3.8) is 0 Å². The van der Waals surface area contributed by atoms with Crippen LogP contribution in [0.3, 0.4) is 0 Å². The van der Waals surface area contributed by atoms with Crippen LogP contribution in [0.5, 0.6) is 0 Å². The van der Waals surface area contributed by atoms with Gasteiger partial charge in [-0.25, -0.2) is 4.68 Å². The fourth-order valence-electron chi connectivity index (χ4n) is 7.11. The number of unbranched alkanes of at least 4 members (excludes halogenated alkanes) is 20. The molecule has 0 bridgehead atoms. The number of amides is 1. The van der Waals surface area contributed by atoms with E-state index < -0.39 is 54.6 Å². The lowest BCUT2D eigenvalue weighted by atomic mass is 9.83. The summed E-state index contributed by atoms with van der Waals surface area (Å²) in [6.45, 7) is 4.37. The lowest BCUT2D eigenvalue weighted by molar-refractivity contribution is -0.200. The molecule has 15 nitrogen and oxygen atoms in total. The molecule has 0 aromatic carbocycles. The molecule has 0 saturated heterocycles. The van der Waals surface area contributed by atoms with Gasteiger partial charge in [0, 0.05) is 24.3 Å². The number of aliphatic hydroxyl groups excluding tert-OH is 5. The van der Waals surface area contributed by atoms with E-state index in [1.54, 1.807) is 0 Å². The average molecular weight is 844 g/mol. The minimum Gasteiger partial charge on any atom is -0.462 e. The molecular weight excluding hydrogens is 767 g/mol. The molecule has 0 aliphatic heterocycles. The molecule has 0 unspecified atom stereocenters. The normalized spacial score (nSPS) is 21.7. The van der Waals surface area contributed by atoms with Crippen LogP contribution in [0.25, 0.3) is 0 Å². The van der Waals surface area contributed by atoms with Gasteiger partial charge in [-0.15, -0.1) is 5.10 Å². The van der Waals surface area contributed by atoms with Crippen molar-refractivity contribution in [2.75, 3.05) is 23.4 Å². The summed E-state index contributed by atoms with van der Waals surface area (Å²) in [4.78, 5) is 38.3. The summed E-state index contributed by atoms with van der Waals surface area (Å²) in [5.41, 5.74) is 6.15. The van der Waals surface area contributed by atoms with Crippen LogP contribution in [0.15, 0.2) is 6.20 Å². The highest BCUT2D eigenvalue weighted by Gasteiger charge is 2.49. The Bertz CT molecular complexity index is 1230. The molecular formula is C42H77N5O10S. The molecule has 1 amide bonds. The van der Waals surface area contributed by atoms with Crippen molar-refractivity contribution < 1.29 is 49.4 Å². The van der Waals surface area contributed by atoms with Crippen LogP contribution in [0.1, 0.15) is 174 Å². The number of nitrogens with zero attached hydrogens (tertiary/aromatic N) is 3. The van der Waals surface area contributed by atoms with E-state index in [1.165, 1.54) is 114 Å². The summed E-state index contributed by atoms with van der Waals surface area (Å²) < 4.78 is 12.3. The Morgan fingerprint density at radius 3 is 1.59 bits per heavy atom. The second-order valence-corrected chi connectivity index (χ2v) is 17.1. The van der Waals surface area contributed by atoms with E-state index in [0.717, 1.165) is 49.6 Å². The summed E-state index contributed by atoms with van der Waals surface area (Å²) in [6.07, 6.45) is 18.3. The van der Waals surface area contributed by atoms with Crippen molar-refractivity contribution in [3.05, 3.63) is 6.20 Å². The first-order valence-corrected chi connectivity index (χ1v) is 23.5. The standard InChI is InChI=1S/C42H77N5O10S/c1-3-5-7-9-11-13-15-17-19-21-23-25-34(48)56-28-31(57-35(49)26-24-22-20-18-16-14-12-10-8-6-4-2)29-58-30-32(43)42(55)44-33-27-47(46-45-33)36-37(50)39(52)41(54)40(53)38(36)51/h27,31-32,36-41,50-54H,3-26,28-30,43H2,1-2H3,(H,44,55)/t31-,32-,36-,37+,38+,39+,40-,41-/m1/s1. The topological polar surface area (TPSA) is 240 Å². The number of anilines is 1. The van der Waals surface area contributed by atoms with Gasteiger partial charge in [0.25, 0.3) is 0 Å². The molecule has 1 aliphatic carbocycles. The monoisotopic (exact) mass is 844 g/mol. The van der Waals surface area contributed by atoms with Gasteiger partial charge in [-0.05, 0) is 12.8 Å². The number of rotatable bonds is 34. The number of esters is 2. The molecule has 1 fully saturated rings. The number of hydrogen-bond acceptors (Lipinski definition) is 14. The van der Waals surface area contributed by atoms with Gasteiger partial charge in [0.15, 0.2) is 5.82 Å². The van der Waals surface area contributed by atoms with Gasteiger partial charge >= 0.3 is 11.9 Å². The van der Waals surface area contributed by atoms with Crippen molar-refractivity contribution >= 4 is 35.4 Å². The van der Waals surface area contributed by atoms with Gasteiger partial charge in [-0.1, -0.05) is 147 Å². The predicted octanol–water partition coefficient (Wildman–Crippen LogP) is 5.49. The van der Waals surface area contributed by atoms with Gasteiger partial charge in [0.2, 0.25) is 5.91 Å². The number of hydrogen-bond donors (Lipinski definition) is 7. The average Bonchev–Trinajstić information content (AvgIpc) is 3.66. The Labute approximate surface area is 351 Å². The van der Waals surface area contributed by atoms with Crippen LogP contribution in [-0.4, -0.2) is 119 Å². The van der Waals surface area contributed by atoms with Crippen LogP contribution in [-0.2, 0) is 23.9 Å². The number of nitrogens with one attached hydrogen (secondary N) is 1. The molecule has 1 aromatic heterocycles. The predicted molar refractivity (Wildman–Crippen MR) is 226 cm³/mol. The van der Waals surface area contributed by atoms with E-state index >= 15 is 0 Å². The molecule has 8 N–H and O–H groups in total. The van der Waals surface area contributed by atoms with Gasteiger partial charge < -0.3 is 46.1 Å². The van der Waals surface area contributed by atoms with Crippen molar-refractivity contribution in [1.82, 2.24) is 15.0 Å². The number of aromatic nitrogens is 3. The molecule has 1 saturated carbocycles. The van der Waals surface area contributed by atoms with Crippen LogP contribution in [0, 0.1) is 0 Å². The Morgan fingerprint density at radius 1 is 0.672 bits per heavy atom. The number of aliphatic hydroxyl groups is 5.